The number of hydrogen-bond acceptors (Lipinski definition) is 6. The van der Waals surface area contributed by atoms with Crippen molar-refractivity contribution in [2.45, 2.75) is 58.2 Å². The van der Waals surface area contributed by atoms with Crippen LogP contribution < -0.4 is 15.2 Å². The quantitative estimate of drug-likeness (QED) is 0.534. The summed E-state index contributed by atoms with van der Waals surface area (Å²) in [6.45, 7) is 8.41. The predicted molar refractivity (Wildman–Crippen MR) is 133 cm³/mol. The molecule has 0 bridgehead atoms. The number of ether oxygens (including phenoxy) is 1. The Labute approximate surface area is 201 Å². The van der Waals surface area contributed by atoms with E-state index < -0.39 is 0 Å². The number of fused-ring (bicyclic) bond motifs is 1. The molecule has 34 heavy (non-hydrogen) atoms. The summed E-state index contributed by atoms with van der Waals surface area (Å²) in [5.41, 5.74) is 3.46. The monoisotopic (exact) mass is 462 g/mol. The Bertz CT molecular complexity index is 1240. The van der Waals surface area contributed by atoms with Crippen LogP contribution in [-0.2, 0) is 13.5 Å². The van der Waals surface area contributed by atoms with Crippen molar-refractivity contribution in [1.82, 2.24) is 19.1 Å². The lowest BCUT2D eigenvalue weighted by Crippen LogP contribution is -2.59. The number of nitriles is 1. The van der Waals surface area contributed by atoms with Gasteiger partial charge >= 0.3 is 0 Å². The van der Waals surface area contributed by atoms with Gasteiger partial charge in [-0.15, -0.1) is 0 Å². The molecular weight excluding hydrogens is 428 g/mol. The van der Waals surface area contributed by atoms with E-state index in [4.69, 9.17) is 15.0 Å². The van der Waals surface area contributed by atoms with Crippen LogP contribution >= 0.6 is 0 Å². The largest absolute Gasteiger partial charge is 0.497 e. The van der Waals surface area contributed by atoms with Crippen LogP contribution in [0.25, 0.3) is 5.65 Å². The van der Waals surface area contributed by atoms with Crippen LogP contribution in [0.1, 0.15) is 50.9 Å². The predicted octanol–water partition coefficient (Wildman–Crippen LogP) is 3.55. The molecular formula is C26H34N6O2. The summed E-state index contributed by atoms with van der Waals surface area (Å²) in [6, 6.07) is 13.1. The van der Waals surface area contributed by atoms with Crippen LogP contribution in [0.4, 0.5) is 5.69 Å². The molecule has 180 valence electrons. The smallest absolute Gasteiger partial charge is 0.267 e. The lowest BCUT2D eigenvalue weighted by Gasteiger charge is -2.49. The Morgan fingerprint density at radius 1 is 1.18 bits per heavy atom. The highest BCUT2D eigenvalue weighted by atomic mass is 16.5. The fourth-order valence-electron chi connectivity index (χ4n) is 5.11. The zero-order chi connectivity index (χ0) is 24.4. The van der Waals surface area contributed by atoms with Crippen molar-refractivity contribution in [2.24, 2.45) is 7.05 Å². The molecule has 8 nitrogen and oxygen atoms in total. The van der Waals surface area contributed by atoms with Crippen LogP contribution in [0.5, 0.6) is 5.75 Å². The van der Waals surface area contributed by atoms with E-state index in [-0.39, 0.29) is 24.1 Å². The average Bonchev–Trinajstić information content (AvgIpc) is 3.29. The highest BCUT2D eigenvalue weighted by Crippen LogP contribution is 2.33. The number of piperazine rings is 1. The maximum atomic E-state index is 12.8. The molecule has 0 N–H and O–H groups in total. The maximum absolute atomic E-state index is 12.8. The van der Waals surface area contributed by atoms with Crippen molar-refractivity contribution < 1.29 is 4.74 Å². The molecule has 1 saturated heterocycles. The number of nitrogens with zero attached hydrogens (tertiary/aromatic N) is 6. The van der Waals surface area contributed by atoms with Crippen LogP contribution in [0.15, 0.2) is 41.3 Å². The summed E-state index contributed by atoms with van der Waals surface area (Å²) < 4.78 is 8.66. The van der Waals surface area contributed by atoms with E-state index in [1.54, 1.807) is 35.6 Å². The molecule has 0 aliphatic carbocycles. The number of hydrogen-bond donors (Lipinski definition) is 0. The number of imidazole rings is 1. The minimum Gasteiger partial charge on any atom is -0.497 e. The summed E-state index contributed by atoms with van der Waals surface area (Å²) >= 11 is 0. The number of anilines is 1. The number of rotatable bonds is 7. The van der Waals surface area contributed by atoms with Crippen molar-refractivity contribution in [2.75, 3.05) is 25.1 Å². The second kappa shape index (κ2) is 9.90. The first-order chi connectivity index (χ1) is 16.4. The molecule has 4 rings (SSSR count). The third-order valence-electron chi connectivity index (χ3n) is 7.22. The van der Waals surface area contributed by atoms with Crippen LogP contribution in [0.2, 0.25) is 0 Å². The molecule has 3 aromatic rings. The summed E-state index contributed by atoms with van der Waals surface area (Å²) in [7, 11) is 3.42. The van der Waals surface area contributed by atoms with Crippen molar-refractivity contribution in [1.29, 1.82) is 5.26 Å². The molecule has 2 aromatic heterocycles. The van der Waals surface area contributed by atoms with Gasteiger partial charge in [0.05, 0.1) is 37.2 Å². The Balaban J connectivity index is 1.70. The first-order valence-electron chi connectivity index (χ1n) is 12.0. The third kappa shape index (κ3) is 4.28. The van der Waals surface area contributed by atoms with Gasteiger partial charge < -0.3 is 9.64 Å². The third-order valence-corrected chi connectivity index (χ3v) is 7.22. The van der Waals surface area contributed by atoms with Gasteiger partial charge in [0.15, 0.2) is 5.65 Å². The van der Waals surface area contributed by atoms with Gasteiger partial charge in [0, 0.05) is 44.3 Å². The fourth-order valence-corrected chi connectivity index (χ4v) is 5.11. The molecule has 0 spiro atoms. The number of benzene rings is 1. The SMILES string of the molecule is CC[C@H]1CN(C(C)c2ccc(OC)cc2)[C@H](CC)CN1c1cc(=O)n(C)n2cc(CC#N)nc12. The van der Waals surface area contributed by atoms with Crippen molar-refractivity contribution in [3.05, 3.63) is 58.1 Å². The molecule has 0 radical (unpaired) electrons. The summed E-state index contributed by atoms with van der Waals surface area (Å²) in [4.78, 5) is 22.5. The molecule has 1 aliphatic rings. The van der Waals surface area contributed by atoms with E-state index in [2.05, 4.69) is 48.8 Å². The molecule has 0 amide bonds. The van der Waals surface area contributed by atoms with Crippen LogP contribution in [-0.4, -0.2) is 51.4 Å². The first-order valence-corrected chi connectivity index (χ1v) is 12.0. The Morgan fingerprint density at radius 3 is 2.50 bits per heavy atom. The second-order valence-electron chi connectivity index (χ2n) is 9.05. The molecule has 3 heterocycles. The van der Waals surface area contributed by atoms with E-state index in [0.717, 1.165) is 43.0 Å². The highest BCUT2D eigenvalue weighted by Gasteiger charge is 2.36. The normalized spacial score (nSPS) is 19.8. The van der Waals surface area contributed by atoms with Gasteiger partial charge in [-0.05, 0) is 37.5 Å². The van der Waals surface area contributed by atoms with Crippen molar-refractivity contribution in [3.8, 4) is 11.8 Å². The zero-order valence-electron chi connectivity index (χ0n) is 20.7. The Kier molecular flexibility index (Phi) is 6.94. The van der Waals surface area contributed by atoms with Gasteiger partial charge in [-0.2, -0.15) is 5.26 Å². The summed E-state index contributed by atoms with van der Waals surface area (Å²) in [5, 5.41) is 9.15. The van der Waals surface area contributed by atoms with E-state index >= 15 is 0 Å². The Morgan fingerprint density at radius 2 is 1.88 bits per heavy atom. The summed E-state index contributed by atoms with van der Waals surface area (Å²) in [6.07, 6.45) is 3.97. The number of aromatic nitrogens is 3. The van der Waals surface area contributed by atoms with Crippen molar-refractivity contribution in [3.63, 3.8) is 0 Å². The second-order valence-corrected chi connectivity index (χ2v) is 9.05. The standard InChI is InChI=1S/C26H34N6O2/c1-6-21-17-31(24-14-25(33)29(4)32-15-20(12-13-27)28-26(24)32)22(7-2)16-30(21)18(3)19-8-10-23(34-5)11-9-19/h8-11,14-15,18,21-22H,6-7,12,16-17H2,1-5H3/t18?,21-,22+/m1/s1. The number of aryl methyl sites for hydroxylation is 1. The number of methoxy groups -OCH3 is 1. The lowest BCUT2D eigenvalue weighted by atomic mass is 9.96. The molecule has 1 unspecified atom stereocenters. The van der Waals surface area contributed by atoms with Crippen molar-refractivity contribution >= 4 is 11.3 Å². The molecule has 1 aliphatic heterocycles. The van der Waals surface area contributed by atoms with Gasteiger partial charge in [-0.3, -0.25) is 9.69 Å². The molecule has 0 saturated carbocycles. The van der Waals surface area contributed by atoms with Crippen LogP contribution in [0.3, 0.4) is 0 Å². The first kappa shape index (κ1) is 23.8. The molecule has 8 heteroatoms. The summed E-state index contributed by atoms with van der Waals surface area (Å²) in [5.74, 6) is 0.865. The lowest BCUT2D eigenvalue weighted by molar-refractivity contribution is 0.101. The minimum absolute atomic E-state index is 0.0830. The topological polar surface area (TPSA) is 78.8 Å². The molecule has 3 atom stereocenters. The van der Waals surface area contributed by atoms with Gasteiger partial charge in [0.1, 0.15) is 5.75 Å². The van der Waals surface area contributed by atoms with Gasteiger partial charge in [-0.1, -0.05) is 26.0 Å². The zero-order valence-corrected chi connectivity index (χ0v) is 20.7. The molecule has 1 fully saturated rings. The van der Waals surface area contributed by atoms with E-state index in [1.807, 2.05) is 12.1 Å². The van der Waals surface area contributed by atoms with Gasteiger partial charge in [0.25, 0.3) is 5.56 Å². The fraction of sp³-hybridized carbons (Fsp3) is 0.500. The maximum Gasteiger partial charge on any atom is 0.267 e. The minimum atomic E-state index is -0.0830. The van der Waals surface area contributed by atoms with E-state index in [1.165, 1.54) is 5.56 Å². The van der Waals surface area contributed by atoms with E-state index in [9.17, 15) is 4.79 Å². The molecule has 1 aromatic carbocycles. The van der Waals surface area contributed by atoms with Gasteiger partial charge in [0.2, 0.25) is 0 Å². The Hall–Kier alpha value is -3.31. The van der Waals surface area contributed by atoms with Gasteiger partial charge in [-0.25, -0.2) is 14.2 Å². The van der Waals surface area contributed by atoms with Crippen LogP contribution in [0, 0.1) is 11.3 Å². The van der Waals surface area contributed by atoms with E-state index in [0.29, 0.717) is 11.7 Å². The average molecular weight is 463 g/mol. The highest BCUT2D eigenvalue weighted by molar-refractivity contribution is 5.69.